The van der Waals surface area contributed by atoms with Crippen molar-refractivity contribution in [1.29, 1.82) is 0 Å². The zero-order valence-corrected chi connectivity index (χ0v) is 8.40. The predicted molar refractivity (Wildman–Crippen MR) is 50.8 cm³/mol. The van der Waals surface area contributed by atoms with Crippen molar-refractivity contribution < 1.29 is 18.0 Å². The number of benzene rings is 1. The van der Waals surface area contributed by atoms with E-state index in [9.17, 15) is 18.0 Å². The molecule has 0 heterocycles. The lowest BCUT2D eigenvalue weighted by Crippen LogP contribution is -2.09. The molecule has 1 rings (SSSR count). The van der Waals surface area contributed by atoms with Gasteiger partial charge in [-0.15, -0.1) is 0 Å². The first kappa shape index (κ1) is 12.0. The smallest absolute Gasteiger partial charge is 0.294 e. The maximum absolute atomic E-state index is 12.5. The molecule has 0 aliphatic rings. The van der Waals surface area contributed by atoms with E-state index in [1.807, 2.05) is 0 Å². The summed E-state index contributed by atoms with van der Waals surface area (Å²) in [6.07, 6.45) is -1.08. The van der Waals surface area contributed by atoms with Crippen LogP contribution in [0.2, 0.25) is 0 Å². The number of carbonyl (C=O) groups is 1. The largest absolute Gasteiger partial charge is 0.322 e. The van der Waals surface area contributed by atoms with Crippen LogP contribution in [0.3, 0.4) is 0 Å². The van der Waals surface area contributed by atoms with Crippen LogP contribution >= 0.6 is 11.6 Å². The number of carbonyl (C=O) groups excluding carboxylic acids is 1. The quantitative estimate of drug-likeness (QED) is 0.576. The Morgan fingerprint density at radius 1 is 1.27 bits per heavy atom. The third kappa shape index (κ3) is 4.34. The van der Waals surface area contributed by atoms with E-state index in [2.05, 4.69) is 11.6 Å². The Hall–Kier alpha value is -1.03. The van der Waals surface area contributed by atoms with E-state index in [1.165, 1.54) is 12.1 Å². The molecule has 0 amide bonds. The SMILES string of the molecule is O=C(CCC(F)(F)Cl)c1ccc(F)cc1. The van der Waals surface area contributed by atoms with E-state index in [0.29, 0.717) is 0 Å². The van der Waals surface area contributed by atoms with Crippen LogP contribution in [0.1, 0.15) is 23.2 Å². The lowest BCUT2D eigenvalue weighted by molar-refractivity contribution is 0.0735. The Labute approximate surface area is 89.9 Å². The predicted octanol–water partition coefficient (Wildman–Crippen LogP) is 3.62. The summed E-state index contributed by atoms with van der Waals surface area (Å²) < 4.78 is 36.9. The number of ketones is 1. The highest BCUT2D eigenvalue weighted by Gasteiger charge is 2.25. The molecule has 0 spiro atoms. The number of Topliss-reactive ketones (excluding diaryl/α,β-unsaturated/α-hetero) is 1. The van der Waals surface area contributed by atoms with Gasteiger partial charge in [-0.25, -0.2) is 4.39 Å². The average Bonchev–Trinajstić information content (AvgIpc) is 2.14. The van der Waals surface area contributed by atoms with Crippen molar-refractivity contribution in [2.75, 3.05) is 0 Å². The minimum atomic E-state index is -3.37. The summed E-state index contributed by atoms with van der Waals surface area (Å²) in [6.45, 7) is 0. The molecule has 0 saturated carbocycles. The molecule has 0 aliphatic carbocycles. The number of hydrogen-bond donors (Lipinski definition) is 0. The third-order valence-electron chi connectivity index (χ3n) is 1.80. The number of halogens is 4. The molecular weight excluding hydrogens is 229 g/mol. The Bertz CT molecular complexity index is 343. The molecule has 1 aromatic carbocycles. The molecule has 82 valence electrons. The number of alkyl halides is 3. The molecule has 1 aromatic rings. The summed E-state index contributed by atoms with van der Waals surface area (Å²) in [5.74, 6) is -0.954. The molecule has 0 atom stereocenters. The van der Waals surface area contributed by atoms with Gasteiger partial charge in [0.1, 0.15) is 5.82 Å². The lowest BCUT2D eigenvalue weighted by Gasteiger charge is -2.06. The normalized spacial score (nSPS) is 11.5. The van der Waals surface area contributed by atoms with Crippen LogP contribution in [0.15, 0.2) is 24.3 Å². The maximum atomic E-state index is 12.5. The van der Waals surface area contributed by atoms with Crippen molar-refractivity contribution in [3.05, 3.63) is 35.6 Å². The van der Waals surface area contributed by atoms with Crippen LogP contribution in [0.25, 0.3) is 0 Å². The third-order valence-corrected chi connectivity index (χ3v) is 1.99. The highest BCUT2D eigenvalue weighted by atomic mass is 35.5. The van der Waals surface area contributed by atoms with Gasteiger partial charge in [-0.05, 0) is 35.9 Å². The second kappa shape index (κ2) is 4.66. The molecular formula is C10H8ClF3O. The van der Waals surface area contributed by atoms with Crippen LogP contribution in [0.4, 0.5) is 13.2 Å². The van der Waals surface area contributed by atoms with Crippen LogP contribution in [-0.2, 0) is 0 Å². The minimum absolute atomic E-state index is 0.206. The second-order valence-corrected chi connectivity index (χ2v) is 3.60. The van der Waals surface area contributed by atoms with Crippen LogP contribution in [-0.4, -0.2) is 11.2 Å². The van der Waals surface area contributed by atoms with Gasteiger partial charge in [0.25, 0.3) is 0 Å². The van der Waals surface area contributed by atoms with Crippen molar-refractivity contribution in [3.8, 4) is 0 Å². The highest BCUT2D eigenvalue weighted by molar-refractivity contribution is 6.21. The Morgan fingerprint density at radius 2 is 1.80 bits per heavy atom. The molecule has 0 unspecified atom stereocenters. The Morgan fingerprint density at radius 3 is 2.27 bits per heavy atom. The van der Waals surface area contributed by atoms with E-state index in [1.54, 1.807) is 0 Å². The van der Waals surface area contributed by atoms with Gasteiger partial charge in [0.15, 0.2) is 5.78 Å². The summed E-state index contributed by atoms with van der Waals surface area (Å²) in [7, 11) is 0. The fraction of sp³-hybridized carbons (Fsp3) is 0.300. The first-order chi connectivity index (χ1) is 6.88. The molecule has 0 saturated heterocycles. The Kier molecular flexibility index (Phi) is 3.74. The molecule has 0 radical (unpaired) electrons. The van der Waals surface area contributed by atoms with Gasteiger partial charge < -0.3 is 0 Å². The second-order valence-electron chi connectivity index (χ2n) is 3.05. The fourth-order valence-corrected chi connectivity index (χ4v) is 1.13. The zero-order valence-electron chi connectivity index (χ0n) is 7.64. The summed E-state index contributed by atoms with van der Waals surface area (Å²) in [4.78, 5) is 11.3. The molecule has 0 aliphatic heterocycles. The molecule has 15 heavy (non-hydrogen) atoms. The van der Waals surface area contributed by atoms with Crippen molar-refractivity contribution in [2.24, 2.45) is 0 Å². The summed E-state index contributed by atoms with van der Waals surface area (Å²) >= 11 is 4.64. The van der Waals surface area contributed by atoms with Crippen LogP contribution in [0, 0.1) is 5.82 Å². The summed E-state index contributed by atoms with van der Waals surface area (Å²) in [5.41, 5.74) is 0.206. The molecule has 0 bridgehead atoms. The van der Waals surface area contributed by atoms with Gasteiger partial charge in [-0.1, -0.05) is 0 Å². The average molecular weight is 237 g/mol. The minimum Gasteiger partial charge on any atom is -0.294 e. The fourth-order valence-electron chi connectivity index (χ4n) is 1.04. The first-order valence-corrected chi connectivity index (χ1v) is 4.62. The van der Waals surface area contributed by atoms with E-state index in [0.717, 1.165) is 12.1 Å². The van der Waals surface area contributed by atoms with E-state index < -0.39 is 23.4 Å². The summed E-state index contributed by atoms with van der Waals surface area (Å²) in [5, 5.41) is -3.37. The molecule has 5 heteroatoms. The topological polar surface area (TPSA) is 17.1 Å². The van der Waals surface area contributed by atoms with Crippen molar-refractivity contribution in [1.82, 2.24) is 0 Å². The monoisotopic (exact) mass is 236 g/mol. The van der Waals surface area contributed by atoms with Gasteiger partial charge in [0, 0.05) is 18.4 Å². The number of hydrogen-bond acceptors (Lipinski definition) is 1. The van der Waals surface area contributed by atoms with E-state index >= 15 is 0 Å². The zero-order chi connectivity index (χ0) is 11.5. The molecule has 1 nitrogen and oxygen atoms in total. The molecule has 0 N–H and O–H groups in total. The Balaban J connectivity index is 2.58. The van der Waals surface area contributed by atoms with Crippen LogP contribution < -0.4 is 0 Å². The van der Waals surface area contributed by atoms with Crippen molar-refractivity contribution >= 4 is 17.4 Å². The summed E-state index contributed by atoms with van der Waals surface area (Å²) in [6, 6.07) is 4.71. The van der Waals surface area contributed by atoms with Crippen molar-refractivity contribution in [3.63, 3.8) is 0 Å². The highest BCUT2D eigenvalue weighted by Crippen LogP contribution is 2.25. The molecule has 0 fully saturated rings. The van der Waals surface area contributed by atoms with Gasteiger partial charge in [0.05, 0.1) is 0 Å². The van der Waals surface area contributed by atoms with E-state index in [-0.39, 0.29) is 12.0 Å². The van der Waals surface area contributed by atoms with Gasteiger partial charge >= 0.3 is 5.38 Å². The maximum Gasteiger partial charge on any atom is 0.322 e. The van der Waals surface area contributed by atoms with Gasteiger partial charge in [-0.3, -0.25) is 4.79 Å². The number of rotatable bonds is 4. The first-order valence-electron chi connectivity index (χ1n) is 4.24. The lowest BCUT2D eigenvalue weighted by atomic mass is 10.1. The van der Waals surface area contributed by atoms with Gasteiger partial charge in [-0.2, -0.15) is 8.78 Å². The van der Waals surface area contributed by atoms with E-state index in [4.69, 9.17) is 0 Å². The standard InChI is InChI=1S/C10H8ClF3O/c11-10(13,14)6-5-9(15)7-1-3-8(12)4-2-7/h1-4H,5-6H2. The van der Waals surface area contributed by atoms with Crippen molar-refractivity contribution in [2.45, 2.75) is 18.2 Å². The van der Waals surface area contributed by atoms with Crippen LogP contribution in [0.5, 0.6) is 0 Å². The molecule has 0 aromatic heterocycles. The van der Waals surface area contributed by atoms with Gasteiger partial charge in [0.2, 0.25) is 0 Å².